The number of phenols is 1. The monoisotopic (exact) mass is 270 g/mol. The summed E-state index contributed by atoms with van der Waals surface area (Å²) in [5, 5.41) is 12.6. The maximum absolute atomic E-state index is 11.9. The Balaban J connectivity index is 2.43. The van der Waals surface area contributed by atoms with Crippen molar-refractivity contribution < 1.29 is 9.90 Å². The molecule has 0 spiro atoms. The van der Waals surface area contributed by atoms with Gasteiger partial charge >= 0.3 is 0 Å². The molecule has 0 heterocycles. The van der Waals surface area contributed by atoms with E-state index in [1.807, 2.05) is 31.2 Å². The molecule has 0 saturated heterocycles. The highest BCUT2D eigenvalue weighted by atomic mass is 16.3. The van der Waals surface area contributed by atoms with Gasteiger partial charge in [-0.2, -0.15) is 0 Å². The predicted octanol–water partition coefficient (Wildman–Crippen LogP) is 2.51. The molecule has 0 aliphatic heterocycles. The lowest BCUT2D eigenvalue weighted by Crippen LogP contribution is -2.45. The van der Waals surface area contributed by atoms with Crippen LogP contribution in [0, 0.1) is 6.92 Å². The molecule has 1 amide bonds. The molecule has 1 atom stereocenters. The summed E-state index contributed by atoms with van der Waals surface area (Å²) in [5.41, 5.74) is 7.11. The van der Waals surface area contributed by atoms with Gasteiger partial charge in [0.1, 0.15) is 11.3 Å². The topological polar surface area (TPSA) is 75.3 Å². The first-order chi connectivity index (χ1) is 9.43. The first-order valence-corrected chi connectivity index (χ1v) is 6.37. The van der Waals surface area contributed by atoms with Crippen LogP contribution in [0.1, 0.15) is 18.1 Å². The van der Waals surface area contributed by atoms with Gasteiger partial charge < -0.3 is 16.2 Å². The molecule has 2 aromatic rings. The van der Waals surface area contributed by atoms with Gasteiger partial charge in [-0.05, 0) is 43.2 Å². The van der Waals surface area contributed by atoms with Gasteiger partial charge in [0, 0.05) is 5.69 Å². The van der Waals surface area contributed by atoms with Gasteiger partial charge in [-0.3, -0.25) is 4.79 Å². The van der Waals surface area contributed by atoms with Crippen LogP contribution in [-0.2, 0) is 10.3 Å². The average Bonchev–Trinajstić information content (AvgIpc) is 2.42. The number of para-hydroxylation sites is 1. The Bertz CT molecular complexity index is 623. The van der Waals surface area contributed by atoms with Crippen molar-refractivity contribution in [3.05, 3.63) is 59.7 Å². The molecule has 0 aliphatic carbocycles. The highest BCUT2D eigenvalue weighted by Crippen LogP contribution is 2.28. The highest BCUT2D eigenvalue weighted by Gasteiger charge is 2.33. The summed E-state index contributed by atoms with van der Waals surface area (Å²) >= 11 is 0. The SMILES string of the molecule is Cc1ccccc1NC(C)(C(N)=O)c1ccc(O)cc1. The number of amides is 1. The number of aromatic hydroxyl groups is 1. The third-order valence-electron chi connectivity index (χ3n) is 3.47. The van der Waals surface area contributed by atoms with Crippen LogP contribution >= 0.6 is 0 Å². The summed E-state index contributed by atoms with van der Waals surface area (Å²) in [6.07, 6.45) is 0. The predicted molar refractivity (Wildman–Crippen MR) is 79.5 cm³/mol. The maximum atomic E-state index is 11.9. The molecule has 4 N–H and O–H groups in total. The van der Waals surface area contributed by atoms with Gasteiger partial charge in [0.2, 0.25) is 5.91 Å². The Morgan fingerprint density at radius 1 is 1.15 bits per heavy atom. The number of hydrogen-bond acceptors (Lipinski definition) is 3. The quantitative estimate of drug-likeness (QED) is 0.799. The third kappa shape index (κ3) is 2.59. The minimum atomic E-state index is -1.04. The summed E-state index contributed by atoms with van der Waals surface area (Å²) in [4.78, 5) is 11.9. The van der Waals surface area contributed by atoms with E-state index in [0.717, 1.165) is 11.3 Å². The lowest BCUT2D eigenvalue weighted by atomic mass is 9.90. The number of nitrogens with one attached hydrogen (secondary N) is 1. The van der Waals surface area contributed by atoms with E-state index in [2.05, 4.69) is 5.32 Å². The summed E-state index contributed by atoms with van der Waals surface area (Å²) < 4.78 is 0. The van der Waals surface area contributed by atoms with Crippen LogP contribution in [0.25, 0.3) is 0 Å². The number of benzene rings is 2. The Labute approximate surface area is 118 Å². The zero-order valence-corrected chi connectivity index (χ0v) is 11.6. The minimum Gasteiger partial charge on any atom is -0.508 e. The van der Waals surface area contributed by atoms with Crippen molar-refractivity contribution in [3.63, 3.8) is 0 Å². The summed E-state index contributed by atoms with van der Waals surface area (Å²) in [6.45, 7) is 3.69. The lowest BCUT2D eigenvalue weighted by Gasteiger charge is -2.30. The minimum absolute atomic E-state index is 0.150. The van der Waals surface area contributed by atoms with Crippen molar-refractivity contribution in [1.29, 1.82) is 0 Å². The van der Waals surface area contributed by atoms with E-state index in [4.69, 9.17) is 5.73 Å². The molecule has 0 aliphatic rings. The molecule has 0 fully saturated rings. The molecule has 0 radical (unpaired) electrons. The zero-order chi connectivity index (χ0) is 14.8. The van der Waals surface area contributed by atoms with Gasteiger partial charge in [-0.15, -0.1) is 0 Å². The van der Waals surface area contributed by atoms with Crippen LogP contribution in [0.4, 0.5) is 5.69 Å². The third-order valence-corrected chi connectivity index (χ3v) is 3.47. The first kappa shape index (κ1) is 13.9. The molecule has 1 unspecified atom stereocenters. The normalized spacial score (nSPS) is 13.5. The number of nitrogens with two attached hydrogens (primary N) is 1. The van der Waals surface area contributed by atoms with Crippen molar-refractivity contribution in [2.24, 2.45) is 5.73 Å². The van der Waals surface area contributed by atoms with Crippen LogP contribution in [-0.4, -0.2) is 11.0 Å². The molecule has 2 aromatic carbocycles. The maximum Gasteiger partial charge on any atom is 0.247 e. The molecule has 20 heavy (non-hydrogen) atoms. The fourth-order valence-corrected chi connectivity index (χ4v) is 2.05. The lowest BCUT2D eigenvalue weighted by molar-refractivity contribution is -0.122. The van der Waals surface area contributed by atoms with Crippen LogP contribution in [0.5, 0.6) is 5.75 Å². The fourth-order valence-electron chi connectivity index (χ4n) is 2.05. The van der Waals surface area contributed by atoms with Gasteiger partial charge in [-0.1, -0.05) is 30.3 Å². The summed E-state index contributed by atoms with van der Waals surface area (Å²) in [5.74, 6) is -0.331. The molecule has 4 heteroatoms. The van der Waals surface area contributed by atoms with E-state index in [0.29, 0.717) is 5.56 Å². The second-order valence-corrected chi connectivity index (χ2v) is 4.98. The zero-order valence-electron chi connectivity index (χ0n) is 11.6. The largest absolute Gasteiger partial charge is 0.508 e. The van der Waals surface area contributed by atoms with Crippen molar-refractivity contribution in [3.8, 4) is 5.75 Å². The Hall–Kier alpha value is -2.49. The smallest absolute Gasteiger partial charge is 0.247 e. The second kappa shape index (κ2) is 5.25. The second-order valence-electron chi connectivity index (χ2n) is 4.98. The van der Waals surface area contributed by atoms with E-state index >= 15 is 0 Å². The molecule has 0 saturated carbocycles. The number of primary amides is 1. The van der Waals surface area contributed by atoms with Gasteiger partial charge in [0.05, 0.1) is 0 Å². The first-order valence-electron chi connectivity index (χ1n) is 6.37. The van der Waals surface area contributed by atoms with Crippen molar-refractivity contribution in [2.75, 3.05) is 5.32 Å². The van der Waals surface area contributed by atoms with Crippen LogP contribution in [0.3, 0.4) is 0 Å². The molecular formula is C16H18N2O2. The van der Waals surface area contributed by atoms with Crippen molar-refractivity contribution in [2.45, 2.75) is 19.4 Å². The van der Waals surface area contributed by atoms with E-state index in [1.165, 1.54) is 12.1 Å². The highest BCUT2D eigenvalue weighted by molar-refractivity contribution is 5.89. The Morgan fingerprint density at radius 2 is 1.75 bits per heavy atom. The van der Waals surface area contributed by atoms with Crippen molar-refractivity contribution in [1.82, 2.24) is 0 Å². The fraction of sp³-hybridized carbons (Fsp3) is 0.188. The van der Waals surface area contributed by atoms with Crippen molar-refractivity contribution >= 4 is 11.6 Å². The summed E-state index contributed by atoms with van der Waals surface area (Å²) in [6, 6.07) is 14.1. The number of rotatable bonds is 4. The van der Waals surface area contributed by atoms with E-state index in [1.54, 1.807) is 19.1 Å². The molecule has 0 bridgehead atoms. The molecular weight excluding hydrogens is 252 g/mol. The van der Waals surface area contributed by atoms with E-state index in [9.17, 15) is 9.90 Å². The van der Waals surface area contributed by atoms with Crippen LogP contribution < -0.4 is 11.1 Å². The Morgan fingerprint density at radius 3 is 2.30 bits per heavy atom. The number of carbonyl (C=O) groups is 1. The Kier molecular flexibility index (Phi) is 3.66. The number of aryl methyl sites for hydroxylation is 1. The van der Waals surface area contributed by atoms with E-state index in [-0.39, 0.29) is 5.75 Å². The van der Waals surface area contributed by atoms with Crippen LogP contribution in [0.2, 0.25) is 0 Å². The number of phenolic OH excluding ortho intramolecular Hbond substituents is 1. The van der Waals surface area contributed by atoms with E-state index < -0.39 is 11.4 Å². The number of carbonyl (C=O) groups excluding carboxylic acids is 1. The average molecular weight is 270 g/mol. The van der Waals surface area contributed by atoms with Crippen LogP contribution in [0.15, 0.2) is 48.5 Å². The number of anilines is 1. The molecule has 104 valence electrons. The van der Waals surface area contributed by atoms with Gasteiger partial charge in [0.15, 0.2) is 0 Å². The number of hydrogen-bond donors (Lipinski definition) is 3. The molecule has 4 nitrogen and oxygen atoms in total. The standard InChI is InChI=1S/C16H18N2O2/c1-11-5-3-4-6-14(11)18-16(2,15(17)20)12-7-9-13(19)10-8-12/h3-10,18-19H,1-2H3,(H2,17,20). The summed E-state index contributed by atoms with van der Waals surface area (Å²) in [7, 11) is 0. The molecule has 0 aromatic heterocycles. The van der Waals surface area contributed by atoms with Gasteiger partial charge in [-0.25, -0.2) is 0 Å². The molecule has 2 rings (SSSR count). The van der Waals surface area contributed by atoms with Gasteiger partial charge in [0.25, 0.3) is 0 Å².